The Morgan fingerprint density at radius 2 is 2.15 bits per heavy atom. The second-order valence-electron chi connectivity index (χ2n) is 4.44. The lowest BCUT2D eigenvalue weighted by atomic mass is 10.2. The van der Waals surface area contributed by atoms with Gasteiger partial charge in [-0.05, 0) is 17.7 Å². The largest absolute Gasteiger partial charge is 0.332 e. The van der Waals surface area contributed by atoms with Gasteiger partial charge in [-0.2, -0.15) is 4.31 Å². The molecule has 0 unspecified atom stereocenters. The minimum Gasteiger partial charge on any atom is -0.332 e. The Labute approximate surface area is 123 Å². The topological polar surface area (TPSA) is 66.1 Å². The summed E-state index contributed by atoms with van der Waals surface area (Å²) >= 11 is 5.90. The highest BCUT2D eigenvalue weighted by atomic mass is 35.5. The van der Waals surface area contributed by atoms with Gasteiger partial charge in [0.25, 0.3) is 10.0 Å². The van der Waals surface area contributed by atoms with Gasteiger partial charge in [0.15, 0.2) is 5.03 Å². The molecule has 1 aromatic carbocycles. The lowest BCUT2D eigenvalue weighted by molar-refractivity contribution is 0.464. The Kier molecular flexibility index (Phi) is 4.47. The zero-order valence-corrected chi connectivity index (χ0v) is 12.9. The fourth-order valence-electron chi connectivity index (χ4n) is 1.80. The molecule has 0 aliphatic heterocycles. The molecule has 0 bridgehead atoms. The molecule has 0 aliphatic carbocycles. The van der Waals surface area contributed by atoms with Crippen LogP contribution in [0, 0.1) is 0 Å². The van der Waals surface area contributed by atoms with Crippen molar-refractivity contribution < 1.29 is 8.42 Å². The molecule has 20 heavy (non-hydrogen) atoms. The number of aromatic nitrogens is 2. The van der Waals surface area contributed by atoms with E-state index in [0.717, 1.165) is 5.56 Å². The van der Waals surface area contributed by atoms with Crippen molar-refractivity contribution in [2.75, 3.05) is 7.05 Å². The van der Waals surface area contributed by atoms with Gasteiger partial charge in [-0.3, -0.25) is 0 Å². The van der Waals surface area contributed by atoms with Crippen molar-refractivity contribution in [2.45, 2.75) is 24.9 Å². The van der Waals surface area contributed by atoms with Crippen molar-refractivity contribution in [1.29, 1.82) is 0 Å². The number of hydrogen-bond acceptors (Lipinski definition) is 3. The third kappa shape index (κ3) is 3.20. The molecule has 1 N–H and O–H groups in total. The fraction of sp³-hybridized carbons (Fsp3) is 0.308. The average Bonchev–Trinajstić information content (AvgIpc) is 2.88. The number of aryl methyl sites for hydroxylation is 1. The number of rotatable bonds is 5. The molecule has 5 nitrogen and oxygen atoms in total. The SMILES string of the molecule is CCc1ncc(S(=O)(=O)N(C)Cc2cccc(Cl)c2)[nH]1. The Hall–Kier alpha value is -1.37. The molecule has 0 radical (unpaired) electrons. The number of sulfonamides is 1. The van der Waals surface area contributed by atoms with Crippen molar-refractivity contribution >= 4 is 21.6 Å². The first kappa shape index (κ1) is 15.0. The molecule has 0 spiro atoms. The summed E-state index contributed by atoms with van der Waals surface area (Å²) in [7, 11) is -2.04. The van der Waals surface area contributed by atoms with Crippen molar-refractivity contribution in [3.63, 3.8) is 0 Å². The summed E-state index contributed by atoms with van der Waals surface area (Å²) in [5.74, 6) is 0.653. The zero-order valence-electron chi connectivity index (χ0n) is 11.3. The van der Waals surface area contributed by atoms with E-state index < -0.39 is 10.0 Å². The summed E-state index contributed by atoms with van der Waals surface area (Å²) < 4.78 is 26.0. The highest BCUT2D eigenvalue weighted by molar-refractivity contribution is 7.89. The van der Waals surface area contributed by atoms with Crippen molar-refractivity contribution in [3.8, 4) is 0 Å². The minimum atomic E-state index is -3.57. The zero-order chi connectivity index (χ0) is 14.8. The van der Waals surface area contributed by atoms with E-state index in [1.807, 2.05) is 13.0 Å². The van der Waals surface area contributed by atoms with Crippen LogP contribution in [0.25, 0.3) is 0 Å². The van der Waals surface area contributed by atoms with E-state index in [2.05, 4.69) is 9.97 Å². The Balaban J connectivity index is 2.21. The maximum atomic E-state index is 12.4. The lowest BCUT2D eigenvalue weighted by Crippen LogP contribution is -2.26. The molecular weight excluding hydrogens is 298 g/mol. The maximum absolute atomic E-state index is 12.4. The molecule has 0 atom stereocenters. The van der Waals surface area contributed by atoms with E-state index in [4.69, 9.17) is 11.6 Å². The van der Waals surface area contributed by atoms with E-state index in [9.17, 15) is 8.42 Å². The number of imidazole rings is 1. The van der Waals surface area contributed by atoms with Gasteiger partial charge >= 0.3 is 0 Å². The van der Waals surface area contributed by atoms with E-state index in [0.29, 0.717) is 17.3 Å². The highest BCUT2D eigenvalue weighted by Crippen LogP contribution is 2.17. The highest BCUT2D eigenvalue weighted by Gasteiger charge is 2.23. The average molecular weight is 314 g/mol. The molecule has 1 heterocycles. The van der Waals surface area contributed by atoms with E-state index >= 15 is 0 Å². The number of benzene rings is 1. The summed E-state index contributed by atoms with van der Waals surface area (Å²) in [6.45, 7) is 2.16. The third-order valence-corrected chi connectivity index (χ3v) is 4.87. The van der Waals surface area contributed by atoms with Crippen LogP contribution >= 0.6 is 11.6 Å². The summed E-state index contributed by atoms with van der Waals surface area (Å²) in [4.78, 5) is 6.84. The number of hydrogen-bond donors (Lipinski definition) is 1. The van der Waals surface area contributed by atoms with Gasteiger partial charge in [-0.15, -0.1) is 0 Å². The quantitative estimate of drug-likeness (QED) is 0.922. The van der Waals surface area contributed by atoms with Crippen LogP contribution in [0.3, 0.4) is 0 Å². The normalized spacial score (nSPS) is 12.0. The lowest BCUT2D eigenvalue weighted by Gasteiger charge is -2.16. The molecule has 0 fully saturated rings. The Morgan fingerprint density at radius 1 is 1.40 bits per heavy atom. The first-order valence-corrected chi connectivity index (χ1v) is 8.00. The third-order valence-electron chi connectivity index (χ3n) is 2.92. The number of halogens is 1. The Morgan fingerprint density at radius 3 is 2.75 bits per heavy atom. The second-order valence-corrected chi connectivity index (χ2v) is 6.89. The second kappa shape index (κ2) is 5.95. The monoisotopic (exact) mass is 313 g/mol. The fourth-order valence-corrected chi connectivity index (χ4v) is 3.10. The van der Waals surface area contributed by atoms with Crippen LogP contribution in [0.5, 0.6) is 0 Å². The number of nitrogens with zero attached hydrogens (tertiary/aromatic N) is 2. The van der Waals surface area contributed by atoms with Gasteiger partial charge in [0, 0.05) is 25.0 Å². The molecule has 0 saturated heterocycles. The first-order valence-electron chi connectivity index (χ1n) is 6.18. The number of nitrogens with one attached hydrogen (secondary N) is 1. The molecule has 108 valence electrons. The molecule has 7 heteroatoms. The van der Waals surface area contributed by atoms with Crippen molar-refractivity contribution in [1.82, 2.24) is 14.3 Å². The van der Waals surface area contributed by atoms with Gasteiger partial charge in [-0.25, -0.2) is 13.4 Å². The van der Waals surface area contributed by atoms with E-state index in [1.54, 1.807) is 18.2 Å². The summed E-state index contributed by atoms with van der Waals surface area (Å²) in [5, 5.41) is 0.696. The van der Waals surface area contributed by atoms with Crippen LogP contribution < -0.4 is 0 Å². The van der Waals surface area contributed by atoms with Gasteiger partial charge < -0.3 is 4.98 Å². The van der Waals surface area contributed by atoms with Crippen LogP contribution in [0.2, 0.25) is 5.02 Å². The smallest absolute Gasteiger partial charge is 0.260 e. The van der Waals surface area contributed by atoms with Crippen LogP contribution in [0.4, 0.5) is 0 Å². The standard InChI is InChI=1S/C13H16ClN3O2S/c1-3-12-15-8-13(16-12)20(18,19)17(2)9-10-5-4-6-11(14)7-10/h4-8H,3,9H2,1-2H3,(H,15,16). The van der Waals surface area contributed by atoms with E-state index in [-0.39, 0.29) is 11.6 Å². The van der Waals surface area contributed by atoms with Crippen molar-refractivity contribution in [3.05, 3.63) is 46.9 Å². The van der Waals surface area contributed by atoms with Crippen LogP contribution in [0.1, 0.15) is 18.3 Å². The predicted octanol–water partition coefficient (Wildman–Crippen LogP) is 2.45. The number of H-pyrrole nitrogens is 1. The van der Waals surface area contributed by atoms with Crippen LogP contribution in [-0.4, -0.2) is 29.7 Å². The summed E-state index contributed by atoms with van der Waals surface area (Å²) in [6.07, 6.45) is 2.01. The number of aromatic amines is 1. The molecule has 0 amide bonds. The molecule has 0 aliphatic rings. The molecular formula is C13H16ClN3O2S. The van der Waals surface area contributed by atoms with E-state index in [1.165, 1.54) is 17.5 Å². The van der Waals surface area contributed by atoms with Gasteiger partial charge in [-0.1, -0.05) is 30.7 Å². The van der Waals surface area contributed by atoms with Crippen molar-refractivity contribution in [2.24, 2.45) is 0 Å². The van der Waals surface area contributed by atoms with Gasteiger partial charge in [0.2, 0.25) is 0 Å². The summed E-state index contributed by atoms with van der Waals surface area (Å²) in [6, 6.07) is 7.13. The summed E-state index contributed by atoms with van der Waals surface area (Å²) in [5.41, 5.74) is 0.832. The minimum absolute atomic E-state index is 0.110. The van der Waals surface area contributed by atoms with Gasteiger partial charge in [0.1, 0.15) is 5.82 Å². The molecule has 0 saturated carbocycles. The van der Waals surface area contributed by atoms with Gasteiger partial charge in [0.05, 0.1) is 6.20 Å². The Bertz CT molecular complexity index is 697. The molecule has 1 aromatic heterocycles. The molecule has 2 aromatic rings. The predicted molar refractivity (Wildman–Crippen MR) is 78.1 cm³/mol. The molecule has 2 rings (SSSR count). The van der Waals surface area contributed by atoms with Crippen LogP contribution in [0.15, 0.2) is 35.5 Å². The first-order chi connectivity index (χ1) is 9.43. The van der Waals surface area contributed by atoms with Crippen LogP contribution in [-0.2, 0) is 23.0 Å². The maximum Gasteiger partial charge on any atom is 0.260 e.